The number of aromatic nitrogens is 1. The Balaban J connectivity index is 1.33. The molecule has 2 aliphatic heterocycles. The minimum atomic E-state index is -3.10. The van der Waals surface area contributed by atoms with Crippen LogP contribution in [0.15, 0.2) is 30.5 Å². The van der Waals surface area contributed by atoms with Crippen LogP contribution in [0, 0.1) is 0 Å². The molecule has 9 nitrogen and oxygen atoms in total. The Kier molecular flexibility index (Phi) is 5.03. The fourth-order valence-electron chi connectivity index (χ4n) is 3.88. The lowest BCUT2D eigenvalue weighted by Crippen LogP contribution is -2.41. The molecule has 0 saturated carbocycles. The topological polar surface area (TPSA) is 128 Å². The molecular weight excluding hydrogens is 396 g/mol. The van der Waals surface area contributed by atoms with Crippen LogP contribution in [0.2, 0.25) is 0 Å². The van der Waals surface area contributed by atoms with E-state index in [0.29, 0.717) is 12.8 Å². The van der Waals surface area contributed by atoms with E-state index in [4.69, 9.17) is 0 Å². The molecule has 0 aliphatic carbocycles. The van der Waals surface area contributed by atoms with Gasteiger partial charge >= 0.3 is 6.03 Å². The number of hydrogen-bond acceptors (Lipinski definition) is 5. The highest BCUT2D eigenvalue weighted by molar-refractivity contribution is 7.91. The zero-order chi connectivity index (χ0) is 20.6. The van der Waals surface area contributed by atoms with Crippen molar-refractivity contribution in [3.05, 3.63) is 36.0 Å². The van der Waals surface area contributed by atoms with E-state index in [1.165, 1.54) is 0 Å². The number of hydrogen-bond donors (Lipinski definition) is 3. The molecule has 154 valence electrons. The van der Waals surface area contributed by atoms with E-state index < -0.39 is 39.8 Å². The SMILES string of the molecule is O=C(C[C@@H]1NC(=O)N(CCc2c[nH]c3ccccc23)C1=O)N[C@H]1CCS(=O)(=O)C1. The third-order valence-corrected chi connectivity index (χ3v) is 7.14. The number of sulfone groups is 1. The summed E-state index contributed by atoms with van der Waals surface area (Å²) in [6.07, 6.45) is 2.53. The van der Waals surface area contributed by atoms with Crippen molar-refractivity contribution >= 4 is 38.6 Å². The Morgan fingerprint density at radius 3 is 2.79 bits per heavy atom. The summed E-state index contributed by atoms with van der Waals surface area (Å²) >= 11 is 0. The number of carbonyl (C=O) groups excluding carboxylic acids is 3. The van der Waals surface area contributed by atoms with Gasteiger partial charge in [0.2, 0.25) is 5.91 Å². The molecule has 0 radical (unpaired) electrons. The van der Waals surface area contributed by atoms with E-state index in [-0.39, 0.29) is 24.5 Å². The summed E-state index contributed by atoms with van der Waals surface area (Å²) in [5, 5.41) is 6.23. The molecule has 1 aromatic carbocycles. The number of nitrogens with one attached hydrogen (secondary N) is 3. The van der Waals surface area contributed by atoms with Crippen molar-refractivity contribution in [3.63, 3.8) is 0 Å². The molecule has 0 bridgehead atoms. The Morgan fingerprint density at radius 1 is 1.24 bits per heavy atom. The van der Waals surface area contributed by atoms with Gasteiger partial charge in [0.1, 0.15) is 6.04 Å². The molecule has 2 fully saturated rings. The van der Waals surface area contributed by atoms with Crippen molar-refractivity contribution in [2.24, 2.45) is 0 Å². The van der Waals surface area contributed by atoms with Crippen molar-refractivity contribution in [1.82, 2.24) is 20.5 Å². The number of imide groups is 1. The average Bonchev–Trinajstić information content (AvgIpc) is 3.30. The number of fused-ring (bicyclic) bond motifs is 1. The van der Waals surface area contributed by atoms with Gasteiger partial charge in [-0.05, 0) is 24.5 Å². The molecular formula is C19H22N4O5S. The van der Waals surface area contributed by atoms with Gasteiger partial charge in [0.25, 0.3) is 5.91 Å². The first-order valence-electron chi connectivity index (χ1n) is 9.49. The van der Waals surface area contributed by atoms with Crippen LogP contribution in [0.3, 0.4) is 0 Å². The number of para-hydroxylation sites is 1. The molecule has 0 unspecified atom stereocenters. The molecule has 2 aromatic rings. The Bertz CT molecular complexity index is 1080. The van der Waals surface area contributed by atoms with Crippen LogP contribution in [0.5, 0.6) is 0 Å². The molecule has 1 aromatic heterocycles. The van der Waals surface area contributed by atoms with E-state index in [9.17, 15) is 22.8 Å². The van der Waals surface area contributed by atoms with E-state index in [1.807, 2.05) is 30.5 Å². The van der Waals surface area contributed by atoms with E-state index in [0.717, 1.165) is 21.4 Å². The lowest BCUT2D eigenvalue weighted by molar-refractivity contribution is -0.131. The maximum absolute atomic E-state index is 12.6. The Hall–Kier alpha value is -2.88. The molecule has 2 aliphatic rings. The predicted molar refractivity (Wildman–Crippen MR) is 106 cm³/mol. The molecule has 2 saturated heterocycles. The largest absolute Gasteiger partial charge is 0.361 e. The van der Waals surface area contributed by atoms with Gasteiger partial charge in [-0.2, -0.15) is 0 Å². The summed E-state index contributed by atoms with van der Waals surface area (Å²) in [5.41, 5.74) is 1.99. The Labute approximate surface area is 167 Å². The number of aromatic amines is 1. The molecule has 10 heteroatoms. The number of benzene rings is 1. The fraction of sp³-hybridized carbons (Fsp3) is 0.421. The summed E-state index contributed by atoms with van der Waals surface area (Å²) in [6.45, 7) is 0.214. The molecule has 4 rings (SSSR count). The molecule has 3 heterocycles. The second kappa shape index (κ2) is 7.51. The highest BCUT2D eigenvalue weighted by Gasteiger charge is 2.39. The molecule has 3 N–H and O–H groups in total. The van der Waals surface area contributed by atoms with Gasteiger partial charge in [-0.25, -0.2) is 13.2 Å². The molecule has 0 spiro atoms. The molecule has 29 heavy (non-hydrogen) atoms. The van der Waals surface area contributed by atoms with Crippen LogP contribution >= 0.6 is 0 Å². The van der Waals surface area contributed by atoms with Crippen LogP contribution < -0.4 is 10.6 Å². The first-order chi connectivity index (χ1) is 13.8. The minimum Gasteiger partial charge on any atom is -0.361 e. The van der Waals surface area contributed by atoms with Gasteiger partial charge in [-0.15, -0.1) is 0 Å². The van der Waals surface area contributed by atoms with Crippen LogP contribution in [0.4, 0.5) is 4.79 Å². The predicted octanol–water partition coefficient (Wildman–Crippen LogP) is 0.324. The van der Waals surface area contributed by atoms with Gasteiger partial charge < -0.3 is 15.6 Å². The first kappa shape index (κ1) is 19.4. The van der Waals surface area contributed by atoms with Crippen molar-refractivity contribution in [3.8, 4) is 0 Å². The summed E-state index contributed by atoms with van der Waals surface area (Å²) < 4.78 is 23.0. The third-order valence-electron chi connectivity index (χ3n) is 5.37. The lowest BCUT2D eigenvalue weighted by atomic mass is 10.1. The van der Waals surface area contributed by atoms with Gasteiger partial charge in [0.15, 0.2) is 9.84 Å². The molecule has 2 atom stereocenters. The van der Waals surface area contributed by atoms with Crippen molar-refractivity contribution in [1.29, 1.82) is 0 Å². The highest BCUT2D eigenvalue weighted by Crippen LogP contribution is 2.19. The summed E-state index contributed by atoms with van der Waals surface area (Å²) in [4.78, 5) is 41.2. The minimum absolute atomic E-state index is 0.0542. The number of H-pyrrole nitrogens is 1. The van der Waals surface area contributed by atoms with Crippen LogP contribution in [0.1, 0.15) is 18.4 Å². The van der Waals surface area contributed by atoms with Crippen molar-refractivity contribution in [2.45, 2.75) is 31.3 Å². The Morgan fingerprint density at radius 2 is 2.03 bits per heavy atom. The second-order valence-corrected chi connectivity index (χ2v) is 9.70. The highest BCUT2D eigenvalue weighted by atomic mass is 32.2. The van der Waals surface area contributed by atoms with Crippen molar-refractivity contribution < 1.29 is 22.8 Å². The normalized spacial score (nSPS) is 23.5. The summed E-state index contributed by atoms with van der Waals surface area (Å²) in [7, 11) is -3.10. The number of carbonyl (C=O) groups is 3. The van der Waals surface area contributed by atoms with E-state index in [1.54, 1.807) is 0 Å². The maximum Gasteiger partial charge on any atom is 0.324 e. The lowest BCUT2D eigenvalue weighted by Gasteiger charge is -2.14. The number of urea groups is 1. The number of rotatable bonds is 6. The zero-order valence-corrected chi connectivity index (χ0v) is 16.5. The summed E-state index contributed by atoms with van der Waals surface area (Å²) in [5.74, 6) is -0.910. The van der Waals surface area contributed by atoms with Gasteiger partial charge in [-0.1, -0.05) is 18.2 Å². The van der Waals surface area contributed by atoms with E-state index >= 15 is 0 Å². The maximum atomic E-state index is 12.6. The zero-order valence-electron chi connectivity index (χ0n) is 15.7. The monoisotopic (exact) mass is 418 g/mol. The van der Waals surface area contributed by atoms with Crippen LogP contribution in [0.25, 0.3) is 10.9 Å². The molecule has 4 amide bonds. The second-order valence-electron chi connectivity index (χ2n) is 7.47. The standard InChI is InChI=1S/C19H22N4O5S/c24-17(21-13-6-8-29(27,28)11-13)9-16-18(25)23(19(26)22-16)7-5-12-10-20-15-4-2-1-3-14(12)15/h1-4,10,13,16,20H,5-9,11H2,(H,21,24)(H,22,26)/t13-,16-/m0/s1. The number of nitrogens with zero attached hydrogens (tertiary/aromatic N) is 1. The quantitative estimate of drug-likeness (QED) is 0.582. The third kappa shape index (κ3) is 4.12. The summed E-state index contributed by atoms with van der Waals surface area (Å²) in [6, 6.07) is 5.91. The average molecular weight is 418 g/mol. The van der Waals surface area contributed by atoms with Crippen LogP contribution in [-0.2, 0) is 25.8 Å². The van der Waals surface area contributed by atoms with E-state index in [2.05, 4.69) is 15.6 Å². The van der Waals surface area contributed by atoms with Crippen molar-refractivity contribution in [2.75, 3.05) is 18.1 Å². The smallest absolute Gasteiger partial charge is 0.324 e. The fourth-order valence-corrected chi connectivity index (χ4v) is 5.55. The van der Waals surface area contributed by atoms with Gasteiger partial charge in [0, 0.05) is 29.7 Å². The van der Waals surface area contributed by atoms with Crippen LogP contribution in [-0.4, -0.2) is 66.3 Å². The van der Waals surface area contributed by atoms with Gasteiger partial charge in [0.05, 0.1) is 17.9 Å². The first-order valence-corrected chi connectivity index (χ1v) is 11.3. The number of amides is 4. The van der Waals surface area contributed by atoms with Gasteiger partial charge in [-0.3, -0.25) is 14.5 Å².